The minimum atomic E-state index is -3.72. The summed E-state index contributed by atoms with van der Waals surface area (Å²) in [7, 11) is -2.27. The summed E-state index contributed by atoms with van der Waals surface area (Å²) >= 11 is 0. The number of benzene rings is 1. The molecule has 2 amide bonds. The first-order valence-electron chi connectivity index (χ1n) is 10.2. The van der Waals surface area contributed by atoms with Crippen molar-refractivity contribution in [3.63, 3.8) is 0 Å². The van der Waals surface area contributed by atoms with Crippen LogP contribution in [0, 0.1) is 5.82 Å². The van der Waals surface area contributed by atoms with E-state index < -0.39 is 15.8 Å². The van der Waals surface area contributed by atoms with Gasteiger partial charge < -0.3 is 14.5 Å². The molecule has 1 unspecified atom stereocenters. The summed E-state index contributed by atoms with van der Waals surface area (Å²) in [5.41, 5.74) is 0. The lowest BCUT2D eigenvalue weighted by Crippen LogP contribution is -2.52. The van der Waals surface area contributed by atoms with E-state index in [-0.39, 0.29) is 35.8 Å². The molecule has 3 rings (SSSR count). The Morgan fingerprint density at radius 2 is 1.77 bits per heavy atom. The molecule has 0 aliphatic carbocycles. The van der Waals surface area contributed by atoms with Gasteiger partial charge in [0.2, 0.25) is 15.9 Å². The molecule has 2 saturated heterocycles. The van der Waals surface area contributed by atoms with Gasteiger partial charge in [0.15, 0.2) is 0 Å². The molecule has 8 nitrogen and oxygen atoms in total. The minimum Gasteiger partial charge on any atom is -0.368 e. The molecule has 2 aliphatic heterocycles. The molecule has 0 radical (unpaired) electrons. The number of hydrogen-bond donors (Lipinski definition) is 0. The van der Waals surface area contributed by atoms with Crippen LogP contribution >= 0.6 is 0 Å². The van der Waals surface area contributed by atoms with Crippen LogP contribution in [0.3, 0.4) is 0 Å². The number of ether oxygens (including phenoxy) is 1. The van der Waals surface area contributed by atoms with Crippen molar-refractivity contribution in [2.45, 2.75) is 36.7 Å². The van der Waals surface area contributed by atoms with Crippen molar-refractivity contribution in [1.29, 1.82) is 0 Å². The normalized spacial score (nSPS) is 20.0. The Labute approximate surface area is 176 Å². The zero-order valence-corrected chi connectivity index (χ0v) is 17.9. The van der Waals surface area contributed by atoms with Crippen molar-refractivity contribution >= 4 is 21.8 Å². The highest BCUT2D eigenvalue weighted by Crippen LogP contribution is 2.17. The van der Waals surface area contributed by atoms with Gasteiger partial charge in [-0.2, -0.15) is 0 Å². The van der Waals surface area contributed by atoms with E-state index in [1.807, 2.05) is 0 Å². The quantitative estimate of drug-likeness (QED) is 0.632. The molecule has 2 fully saturated rings. The van der Waals surface area contributed by atoms with Crippen molar-refractivity contribution in [3.05, 3.63) is 30.1 Å². The number of nitrogens with zero attached hydrogens (tertiary/aromatic N) is 3. The number of carbonyl (C=O) groups is 2. The van der Waals surface area contributed by atoms with E-state index in [1.165, 1.54) is 23.5 Å². The van der Waals surface area contributed by atoms with Crippen LogP contribution in [-0.2, 0) is 24.3 Å². The lowest BCUT2D eigenvalue weighted by atomic mass is 10.2. The van der Waals surface area contributed by atoms with Crippen molar-refractivity contribution in [1.82, 2.24) is 14.1 Å². The van der Waals surface area contributed by atoms with E-state index in [0.717, 1.165) is 25.0 Å². The average Bonchev–Trinajstić information content (AvgIpc) is 3.28. The van der Waals surface area contributed by atoms with E-state index in [0.29, 0.717) is 39.2 Å². The molecule has 0 aromatic heterocycles. The molecule has 0 N–H and O–H groups in total. The van der Waals surface area contributed by atoms with Gasteiger partial charge in [0.25, 0.3) is 5.91 Å². The SMILES string of the molecule is CN(CCCC(=O)N1CCN(C(=O)C2CCCO2)CC1)S(=O)(=O)c1ccc(F)cc1. The Hall–Kier alpha value is -2.04. The fraction of sp³-hybridized carbons (Fsp3) is 0.600. The number of halogens is 1. The summed E-state index contributed by atoms with van der Waals surface area (Å²) in [6, 6.07) is 4.66. The molecule has 0 spiro atoms. The predicted molar refractivity (Wildman–Crippen MR) is 108 cm³/mol. The average molecular weight is 442 g/mol. The van der Waals surface area contributed by atoms with E-state index in [1.54, 1.807) is 9.80 Å². The number of hydrogen-bond acceptors (Lipinski definition) is 5. The predicted octanol–water partition coefficient (Wildman–Crippen LogP) is 1.08. The van der Waals surface area contributed by atoms with Gasteiger partial charge in [-0.1, -0.05) is 0 Å². The largest absolute Gasteiger partial charge is 0.368 e. The van der Waals surface area contributed by atoms with Gasteiger partial charge in [-0.3, -0.25) is 9.59 Å². The third-order valence-electron chi connectivity index (χ3n) is 5.53. The van der Waals surface area contributed by atoms with Crippen molar-refractivity contribution in [2.75, 3.05) is 46.4 Å². The maximum atomic E-state index is 13.0. The molecule has 1 aromatic carbocycles. The van der Waals surface area contributed by atoms with E-state index in [4.69, 9.17) is 4.74 Å². The molecule has 166 valence electrons. The van der Waals surface area contributed by atoms with Crippen LogP contribution in [-0.4, -0.2) is 86.8 Å². The lowest BCUT2D eigenvalue weighted by Gasteiger charge is -2.35. The molecule has 0 saturated carbocycles. The highest BCUT2D eigenvalue weighted by molar-refractivity contribution is 7.89. The van der Waals surface area contributed by atoms with Crippen molar-refractivity contribution in [2.24, 2.45) is 0 Å². The maximum Gasteiger partial charge on any atom is 0.251 e. The monoisotopic (exact) mass is 441 g/mol. The first-order chi connectivity index (χ1) is 14.3. The van der Waals surface area contributed by atoms with E-state index >= 15 is 0 Å². The van der Waals surface area contributed by atoms with E-state index in [9.17, 15) is 22.4 Å². The highest BCUT2D eigenvalue weighted by Gasteiger charge is 2.31. The minimum absolute atomic E-state index is 0.00669. The molecule has 2 aliphatic rings. The second kappa shape index (κ2) is 9.84. The highest BCUT2D eigenvalue weighted by atomic mass is 32.2. The van der Waals surface area contributed by atoms with E-state index in [2.05, 4.69) is 0 Å². The first kappa shape index (κ1) is 22.6. The van der Waals surface area contributed by atoms with Gasteiger partial charge >= 0.3 is 0 Å². The standard InChI is InChI=1S/C20H28FN3O5S/c1-22(30(27,28)17-8-6-16(21)7-9-17)10-2-5-19(25)23-11-13-24(14-12-23)20(26)18-4-3-15-29-18/h6-9,18H,2-5,10-15H2,1H3. The van der Waals surface area contributed by atoms with Crippen LogP contribution in [0.4, 0.5) is 4.39 Å². The zero-order chi connectivity index (χ0) is 21.7. The van der Waals surface area contributed by atoms with Crippen LogP contribution in [0.1, 0.15) is 25.7 Å². The topological polar surface area (TPSA) is 87.2 Å². The molecule has 30 heavy (non-hydrogen) atoms. The Morgan fingerprint density at radius 1 is 1.13 bits per heavy atom. The van der Waals surface area contributed by atoms with Gasteiger partial charge in [0, 0.05) is 52.8 Å². The molecule has 1 aromatic rings. The van der Waals surface area contributed by atoms with Gasteiger partial charge in [-0.05, 0) is 43.5 Å². The molecule has 1 atom stereocenters. The number of rotatable bonds is 7. The lowest BCUT2D eigenvalue weighted by molar-refractivity contribution is -0.146. The Morgan fingerprint density at radius 3 is 2.37 bits per heavy atom. The Bertz CT molecular complexity index is 848. The summed E-state index contributed by atoms with van der Waals surface area (Å²) in [6.45, 7) is 2.73. The second-order valence-corrected chi connectivity index (χ2v) is 9.64. The number of amides is 2. The van der Waals surface area contributed by atoms with Crippen LogP contribution in [0.2, 0.25) is 0 Å². The molecular weight excluding hydrogens is 413 g/mol. The smallest absolute Gasteiger partial charge is 0.251 e. The maximum absolute atomic E-state index is 13.0. The first-order valence-corrected chi connectivity index (χ1v) is 11.6. The van der Waals surface area contributed by atoms with Gasteiger partial charge in [0.1, 0.15) is 11.9 Å². The second-order valence-electron chi connectivity index (χ2n) is 7.59. The third kappa shape index (κ3) is 5.35. The Balaban J connectivity index is 1.41. The Kier molecular flexibility index (Phi) is 7.43. The summed E-state index contributed by atoms with van der Waals surface area (Å²) in [6.07, 6.45) is 1.92. The number of piperazine rings is 1. The molecule has 2 heterocycles. The van der Waals surface area contributed by atoms with Gasteiger partial charge in [0.05, 0.1) is 4.90 Å². The van der Waals surface area contributed by atoms with Crippen LogP contribution < -0.4 is 0 Å². The number of sulfonamides is 1. The summed E-state index contributed by atoms with van der Waals surface area (Å²) in [5.74, 6) is -0.543. The fourth-order valence-corrected chi connectivity index (χ4v) is 4.88. The van der Waals surface area contributed by atoms with Crippen molar-refractivity contribution < 1.29 is 27.1 Å². The fourth-order valence-electron chi connectivity index (χ4n) is 3.67. The van der Waals surface area contributed by atoms with Crippen molar-refractivity contribution in [3.8, 4) is 0 Å². The van der Waals surface area contributed by atoms with Gasteiger partial charge in [-0.25, -0.2) is 17.1 Å². The van der Waals surface area contributed by atoms with Crippen LogP contribution in [0.25, 0.3) is 0 Å². The summed E-state index contributed by atoms with van der Waals surface area (Å²) < 4.78 is 44.6. The van der Waals surface area contributed by atoms with Crippen LogP contribution in [0.5, 0.6) is 0 Å². The van der Waals surface area contributed by atoms with Crippen LogP contribution in [0.15, 0.2) is 29.2 Å². The summed E-state index contributed by atoms with van der Waals surface area (Å²) in [5, 5.41) is 0. The number of carbonyl (C=O) groups excluding carboxylic acids is 2. The molecular formula is C20H28FN3O5S. The molecule has 0 bridgehead atoms. The summed E-state index contributed by atoms with van der Waals surface area (Å²) in [4.78, 5) is 28.3. The van der Waals surface area contributed by atoms with Gasteiger partial charge in [-0.15, -0.1) is 0 Å². The zero-order valence-electron chi connectivity index (χ0n) is 17.1. The third-order valence-corrected chi connectivity index (χ3v) is 7.41. The molecule has 10 heteroatoms.